The third-order valence-corrected chi connectivity index (χ3v) is 8.46. The van der Waals surface area contributed by atoms with Crippen LogP contribution in [0.25, 0.3) is 10.8 Å². The van der Waals surface area contributed by atoms with Crippen LogP contribution < -0.4 is 9.62 Å². The smallest absolute Gasteiger partial charge is 0.244 e. The van der Waals surface area contributed by atoms with E-state index in [-0.39, 0.29) is 18.9 Å². The van der Waals surface area contributed by atoms with Crippen LogP contribution in [0.3, 0.4) is 0 Å². The van der Waals surface area contributed by atoms with Crippen molar-refractivity contribution >= 4 is 49.9 Å². The van der Waals surface area contributed by atoms with Crippen molar-refractivity contribution in [2.45, 2.75) is 38.8 Å². The molecule has 0 spiro atoms. The van der Waals surface area contributed by atoms with Crippen LogP contribution >= 0.6 is 11.6 Å². The first-order chi connectivity index (χ1) is 20.2. The molecule has 4 aromatic carbocycles. The molecule has 0 aliphatic rings. The molecule has 7 nitrogen and oxygen atoms in total. The maximum atomic E-state index is 14.3. The van der Waals surface area contributed by atoms with Crippen LogP contribution in [0.5, 0.6) is 0 Å². The van der Waals surface area contributed by atoms with Crippen LogP contribution in [0.1, 0.15) is 30.9 Å². The fourth-order valence-corrected chi connectivity index (χ4v) is 5.85. The van der Waals surface area contributed by atoms with Crippen molar-refractivity contribution in [2.75, 3.05) is 23.7 Å². The first kappa shape index (κ1) is 31.1. The van der Waals surface area contributed by atoms with Crippen LogP contribution in [0.2, 0.25) is 5.02 Å². The summed E-state index contributed by atoms with van der Waals surface area (Å²) in [5.41, 5.74) is 2.06. The highest BCUT2D eigenvalue weighted by Crippen LogP contribution is 2.29. The Balaban J connectivity index is 1.76. The molecular weight excluding hydrogens is 570 g/mol. The van der Waals surface area contributed by atoms with Gasteiger partial charge in [-0.05, 0) is 41.1 Å². The lowest BCUT2D eigenvalue weighted by Crippen LogP contribution is -2.53. The van der Waals surface area contributed by atoms with Crippen LogP contribution in [-0.4, -0.2) is 50.5 Å². The number of benzene rings is 4. The van der Waals surface area contributed by atoms with E-state index >= 15 is 0 Å². The number of sulfonamides is 1. The van der Waals surface area contributed by atoms with E-state index in [1.54, 1.807) is 36.4 Å². The Bertz CT molecular complexity index is 1610. The quantitative estimate of drug-likeness (QED) is 0.195. The second-order valence-corrected chi connectivity index (χ2v) is 12.6. The van der Waals surface area contributed by atoms with Gasteiger partial charge in [0.25, 0.3) is 0 Å². The number of nitrogens with zero attached hydrogens (tertiary/aromatic N) is 2. The number of carbonyl (C=O) groups is 2. The number of rotatable bonds is 13. The molecule has 0 saturated heterocycles. The number of carbonyl (C=O) groups excluding carboxylic acids is 2. The molecular formula is C33H36ClN3O4S. The Kier molecular flexibility index (Phi) is 10.6. The molecule has 0 fully saturated rings. The van der Waals surface area contributed by atoms with Crippen LogP contribution in [0.15, 0.2) is 97.1 Å². The first-order valence-corrected chi connectivity index (χ1v) is 16.2. The number of unbranched alkanes of at least 4 members (excludes halogenated alkanes) is 1. The van der Waals surface area contributed by atoms with E-state index in [1.165, 1.54) is 4.90 Å². The predicted octanol–water partition coefficient (Wildman–Crippen LogP) is 5.82. The number of nitrogens with one attached hydrogen (secondary N) is 1. The van der Waals surface area contributed by atoms with E-state index in [1.807, 2.05) is 67.6 Å². The van der Waals surface area contributed by atoms with E-state index in [0.717, 1.165) is 39.9 Å². The van der Waals surface area contributed by atoms with E-state index in [0.29, 0.717) is 22.6 Å². The van der Waals surface area contributed by atoms with Crippen molar-refractivity contribution in [1.82, 2.24) is 10.2 Å². The summed E-state index contributed by atoms with van der Waals surface area (Å²) in [6.07, 6.45) is 3.07. The van der Waals surface area contributed by atoms with Crippen molar-refractivity contribution < 1.29 is 18.0 Å². The number of anilines is 1. The van der Waals surface area contributed by atoms with Gasteiger partial charge in [0.2, 0.25) is 21.8 Å². The average Bonchev–Trinajstić information content (AvgIpc) is 2.98. The molecule has 9 heteroatoms. The zero-order chi connectivity index (χ0) is 30.1. The molecule has 0 unspecified atom stereocenters. The van der Waals surface area contributed by atoms with Gasteiger partial charge in [0.05, 0.1) is 11.9 Å². The number of halogens is 1. The fraction of sp³-hybridized carbons (Fsp3) is 0.273. The molecule has 42 heavy (non-hydrogen) atoms. The third kappa shape index (κ3) is 8.11. The van der Waals surface area contributed by atoms with Gasteiger partial charge < -0.3 is 10.2 Å². The molecule has 4 aromatic rings. The summed E-state index contributed by atoms with van der Waals surface area (Å²) in [4.78, 5) is 29.4. The van der Waals surface area contributed by atoms with Crippen LogP contribution in [0.4, 0.5) is 5.69 Å². The normalized spacial score (nSPS) is 12.1. The Morgan fingerprint density at radius 3 is 2.21 bits per heavy atom. The summed E-state index contributed by atoms with van der Waals surface area (Å²) < 4.78 is 27.4. The summed E-state index contributed by atoms with van der Waals surface area (Å²) in [6, 6.07) is 28.5. The molecule has 0 aliphatic carbocycles. The summed E-state index contributed by atoms with van der Waals surface area (Å²) in [5.74, 6) is -0.777. The van der Waals surface area contributed by atoms with Crippen molar-refractivity contribution in [1.29, 1.82) is 0 Å². The van der Waals surface area contributed by atoms with Crippen molar-refractivity contribution in [2.24, 2.45) is 0 Å². The third-order valence-electron chi connectivity index (χ3n) is 7.08. The van der Waals surface area contributed by atoms with Gasteiger partial charge >= 0.3 is 0 Å². The highest BCUT2D eigenvalue weighted by atomic mass is 35.5. The molecule has 1 N–H and O–H groups in total. The molecule has 0 aromatic heterocycles. The highest BCUT2D eigenvalue weighted by molar-refractivity contribution is 7.92. The summed E-state index contributed by atoms with van der Waals surface area (Å²) in [7, 11) is -3.87. The molecule has 1 atom stereocenters. The number of hydrogen-bond acceptors (Lipinski definition) is 4. The SMILES string of the molecule is CCCCNC(=O)[C@@H](Cc1ccccc1)N(Cc1ccc(Cl)cc1)C(=O)CN(c1cccc2ccccc12)S(C)(=O)=O. The van der Waals surface area contributed by atoms with E-state index < -0.39 is 28.5 Å². The molecule has 0 aliphatic heterocycles. The van der Waals surface area contributed by atoms with Gasteiger partial charge in [-0.1, -0.05) is 104 Å². The summed E-state index contributed by atoms with van der Waals surface area (Å²) in [5, 5.41) is 5.10. The lowest BCUT2D eigenvalue weighted by atomic mass is 10.0. The largest absolute Gasteiger partial charge is 0.354 e. The zero-order valence-electron chi connectivity index (χ0n) is 23.9. The highest BCUT2D eigenvalue weighted by Gasteiger charge is 2.33. The van der Waals surface area contributed by atoms with E-state index in [9.17, 15) is 18.0 Å². The fourth-order valence-electron chi connectivity index (χ4n) is 4.87. The Labute approximate surface area is 253 Å². The van der Waals surface area contributed by atoms with Gasteiger partial charge in [-0.15, -0.1) is 0 Å². The van der Waals surface area contributed by atoms with Gasteiger partial charge in [-0.3, -0.25) is 13.9 Å². The Morgan fingerprint density at radius 2 is 1.52 bits per heavy atom. The molecule has 0 heterocycles. The monoisotopic (exact) mass is 605 g/mol. The molecule has 220 valence electrons. The minimum absolute atomic E-state index is 0.0990. The average molecular weight is 606 g/mol. The predicted molar refractivity (Wildman–Crippen MR) is 170 cm³/mol. The number of amides is 2. The standard InChI is InChI=1S/C33H36ClN3O4S/c1-3-4-21-35-33(39)31(22-25-11-6-5-7-12-25)36(23-26-17-19-28(34)20-18-26)32(38)24-37(42(2,40)41)30-16-10-14-27-13-8-9-15-29(27)30/h5-20,31H,3-4,21-24H2,1-2H3,(H,35,39)/t31-/m1/s1. The maximum Gasteiger partial charge on any atom is 0.244 e. The van der Waals surface area contributed by atoms with E-state index in [2.05, 4.69) is 5.32 Å². The number of fused-ring (bicyclic) bond motifs is 1. The molecule has 0 bridgehead atoms. The van der Waals surface area contributed by atoms with Gasteiger partial charge in [-0.2, -0.15) is 0 Å². The molecule has 2 amide bonds. The van der Waals surface area contributed by atoms with Gasteiger partial charge in [0, 0.05) is 29.9 Å². The van der Waals surface area contributed by atoms with Gasteiger partial charge in [-0.25, -0.2) is 8.42 Å². The zero-order valence-corrected chi connectivity index (χ0v) is 25.4. The number of hydrogen-bond donors (Lipinski definition) is 1. The van der Waals surface area contributed by atoms with Crippen molar-refractivity contribution in [3.8, 4) is 0 Å². The van der Waals surface area contributed by atoms with Crippen LogP contribution in [0, 0.1) is 0 Å². The lowest BCUT2D eigenvalue weighted by Gasteiger charge is -2.33. The van der Waals surface area contributed by atoms with Crippen molar-refractivity contribution in [3.63, 3.8) is 0 Å². The van der Waals surface area contributed by atoms with Crippen molar-refractivity contribution in [3.05, 3.63) is 113 Å². The lowest BCUT2D eigenvalue weighted by molar-refractivity contribution is -0.140. The molecule has 0 radical (unpaired) electrons. The maximum absolute atomic E-state index is 14.3. The van der Waals surface area contributed by atoms with Crippen LogP contribution in [-0.2, 0) is 32.6 Å². The molecule has 4 rings (SSSR count). The Hall–Kier alpha value is -3.88. The second-order valence-electron chi connectivity index (χ2n) is 10.3. The Morgan fingerprint density at radius 1 is 0.857 bits per heavy atom. The second kappa shape index (κ2) is 14.3. The molecule has 0 saturated carbocycles. The summed E-state index contributed by atoms with van der Waals surface area (Å²) in [6.45, 7) is 2.15. The first-order valence-electron chi connectivity index (χ1n) is 14.0. The minimum Gasteiger partial charge on any atom is -0.354 e. The van der Waals surface area contributed by atoms with Gasteiger partial charge in [0.15, 0.2) is 0 Å². The topological polar surface area (TPSA) is 86.8 Å². The summed E-state index contributed by atoms with van der Waals surface area (Å²) >= 11 is 6.12. The van der Waals surface area contributed by atoms with E-state index in [4.69, 9.17) is 11.6 Å². The minimum atomic E-state index is -3.87. The van der Waals surface area contributed by atoms with Gasteiger partial charge in [0.1, 0.15) is 12.6 Å².